The van der Waals surface area contributed by atoms with Crippen LogP contribution in [0, 0.1) is 5.92 Å². The van der Waals surface area contributed by atoms with Crippen LogP contribution in [0.25, 0.3) is 0 Å². The lowest BCUT2D eigenvalue weighted by atomic mass is 9.91. The molecular formula is C15H20O5S. The van der Waals surface area contributed by atoms with Crippen LogP contribution in [0.4, 0.5) is 0 Å². The van der Waals surface area contributed by atoms with Crippen LogP contribution in [-0.4, -0.2) is 31.9 Å². The quantitative estimate of drug-likeness (QED) is 0.924. The molecule has 0 amide bonds. The molecule has 1 aliphatic carbocycles. The van der Waals surface area contributed by atoms with E-state index in [0.29, 0.717) is 18.8 Å². The standard InChI is InChI=1S/C15H20O5S/c1-10-4-3-5-11(8-10)21(18,19)12-6-7-14(20-2)13(9-12)15(16)17/h6-7,9-11H,3-5,8H2,1-2H3,(H,16,17). The van der Waals surface area contributed by atoms with Gasteiger partial charge in [0.25, 0.3) is 0 Å². The fraction of sp³-hybridized carbons (Fsp3) is 0.533. The van der Waals surface area contributed by atoms with E-state index in [1.54, 1.807) is 0 Å². The number of hydrogen-bond acceptors (Lipinski definition) is 4. The first-order valence-electron chi connectivity index (χ1n) is 7.01. The molecule has 2 unspecified atom stereocenters. The lowest BCUT2D eigenvalue weighted by Gasteiger charge is -2.26. The summed E-state index contributed by atoms with van der Waals surface area (Å²) in [4.78, 5) is 11.3. The summed E-state index contributed by atoms with van der Waals surface area (Å²) in [5.74, 6) is -0.643. The van der Waals surface area contributed by atoms with Crippen molar-refractivity contribution in [2.24, 2.45) is 5.92 Å². The van der Waals surface area contributed by atoms with E-state index in [1.807, 2.05) is 0 Å². The number of aromatic carboxylic acids is 1. The SMILES string of the molecule is COc1ccc(S(=O)(=O)C2CCCC(C)C2)cc1C(=O)O. The molecule has 1 saturated carbocycles. The molecule has 1 aromatic carbocycles. The number of carboxylic acids is 1. The number of ether oxygens (including phenoxy) is 1. The van der Waals surface area contributed by atoms with Crippen molar-refractivity contribution in [3.63, 3.8) is 0 Å². The summed E-state index contributed by atoms with van der Waals surface area (Å²) >= 11 is 0. The maximum Gasteiger partial charge on any atom is 0.339 e. The summed E-state index contributed by atoms with van der Waals surface area (Å²) < 4.78 is 30.3. The molecule has 21 heavy (non-hydrogen) atoms. The van der Waals surface area contributed by atoms with Crippen LogP contribution in [0.1, 0.15) is 43.0 Å². The Bertz CT molecular complexity index is 635. The Morgan fingerprint density at radius 1 is 1.33 bits per heavy atom. The molecule has 1 N–H and O–H groups in total. The molecule has 0 saturated heterocycles. The predicted octanol–water partition coefficient (Wildman–Crippen LogP) is 2.75. The molecule has 116 valence electrons. The topological polar surface area (TPSA) is 80.7 Å². The summed E-state index contributed by atoms with van der Waals surface area (Å²) in [7, 11) is -2.13. The van der Waals surface area contributed by atoms with Crippen molar-refractivity contribution in [1.29, 1.82) is 0 Å². The molecule has 1 fully saturated rings. The molecule has 2 rings (SSSR count). The third-order valence-corrected chi connectivity index (χ3v) is 6.27. The van der Waals surface area contributed by atoms with E-state index in [9.17, 15) is 13.2 Å². The molecule has 0 radical (unpaired) electrons. The molecular weight excluding hydrogens is 292 g/mol. The molecule has 6 heteroatoms. The van der Waals surface area contributed by atoms with Gasteiger partial charge < -0.3 is 9.84 Å². The average molecular weight is 312 g/mol. The minimum Gasteiger partial charge on any atom is -0.496 e. The zero-order chi connectivity index (χ0) is 15.6. The Balaban J connectivity index is 2.40. The Kier molecular flexibility index (Phi) is 4.56. The van der Waals surface area contributed by atoms with E-state index in [1.165, 1.54) is 25.3 Å². The Morgan fingerprint density at radius 2 is 2.05 bits per heavy atom. The third-order valence-electron chi connectivity index (χ3n) is 4.06. The molecule has 0 aliphatic heterocycles. The first-order valence-corrected chi connectivity index (χ1v) is 8.56. The van der Waals surface area contributed by atoms with Crippen LogP contribution in [-0.2, 0) is 9.84 Å². The summed E-state index contributed by atoms with van der Waals surface area (Å²) in [5, 5.41) is 8.74. The number of carbonyl (C=O) groups is 1. The summed E-state index contributed by atoms with van der Waals surface area (Å²) in [6, 6.07) is 4.04. The third kappa shape index (κ3) is 3.20. The number of hydrogen-bond donors (Lipinski definition) is 1. The van der Waals surface area contributed by atoms with Crippen molar-refractivity contribution in [2.45, 2.75) is 42.8 Å². The Labute approximate surface area is 124 Å². The summed E-state index contributed by atoms with van der Waals surface area (Å²) in [5.41, 5.74) is -0.123. The van der Waals surface area contributed by atoms with Crippen LogP contribution in [0.2, 0.25) is 0 Å². The zero-order valence-electron chi connectivity index (χ0n) is 12.2. The molecule has 1 aliphatic rings. The second-order valence-electron chi connectivity index (χ2n) is 5.61. The minimum atomic E-state index is -3.49. The van der Waals surface area contributed by atoms with Crippen LogP contribution in [0.15, 0.2) is 23.1 Å². The van der Waals surface area contributed by atoms with Crippen molar-refractivity contribution < 1.29 is 23.1 Å². The van der Waals surface area contributed by atoms with Gasteiger partial charge in [0.05, 0.1) is 17.3 Å². The van der Waals surface area contributed by atoms with Gasteiger partial charge in [0.1, 0.15) is 11.3 Å². The van der Waals surface area contributed by atoms with Gasteiger partial charge in [0.15, 0.2) is 9.84 Å². The molecule has 2 atom stereocenters. The highest BCUT2D eigenvalue weighted by Crippen LogP contribution is 2.33. The van der Waals surface area contributed by atoms with Gasteiger partial charge in [-0.3, -0.25) is 0 Å². The van der Waals surface area contributed by atoms with Crippen LogP contribution in [0.5, 0.6) is 5.75 Å². The van der Waals surface area contributed by atoms with E-state index in [4.69, 9.17) is 9.84 Å². The molecule has 5 nitrogen and oxygen atoms in total. The predicted molar refractivity (Wildman–Crippen MR) is 78.6 cm³/mol. The van der Waals surface area contributed by atoms with E-state index in [2.05, 4.69) is 6.92 Å². The fourth-order valence-electron chi connectivity index (χ4n) is 2.88. The van der Waals surface area contributed by atoms with Gasteiger partial charge in [-0.05, 0) is 37.0 Å². The lowest BCUT2D eigenvalue weighted by molar-refractivity contribution is 0.0693. The Hall–Kier alpha value is -1.56. The molecule has 0 heterocycles. The van der Waals surface area contributed by atoms with Gasteiger partial charge in [0, 0.05) is 0 Å². The van der Waals surface area contributed by atoms with Crippen molar-refractivity contribution in [3.8, 4) is 5.75 Å². The monoisotopic (exact) mass is 312 g/mol. The smallest absolute Gasteiger partial charge is 0.339 e. The highest BCUT2D eigenvalue weighted by atomic mass is 32.2. The molecule has 1 aromatic rings. The number of benzene rings is 1. The molecule has 0 bridgehead atoms. The maximum atomic E-state index is 12.7. The second-order valence-corrected chi connectivity index (χ2v) is 7.83. The van der Waals surface area contributed by atoms with Gasteiger partial charge in [-0.25, -0.2) is 13.2 Å². The van der Waals surface area contributed by atoms with E-state index in [-0.39, 0.29) is 16.2 Å². The van der Waals surface area contributed by atoms with E-state index >= 15 is 0 Å². The van der Waals surface area contributed by atoms with Crippen LogP contribution in [0.3, 0.4) is 0 Å². The van der Waals surface area contributed by atoms with Gasteiger partial charge in [0.2, 0.25) is 0 Å². The minimum absolute atomic E-state index is 0.0693. The largest absolute Gasteiger partial charge is 0.496 e. The first kappa shape index (κ1) is 15.8. The highest BCUT2D eigenvalue weighted by Gasteiger charge is 2.32. The van der Waals surface area contributed by atoms with Crippen molar-refractivity contribution >= 4 is 15.8 Å². The number of methoxy groups -OCH3 is 1. The average Bonchev–Trinajstić information content (AvgIpc) is 2.46. The van der Waals surface area contributed by atoms with Crippen LogP contribution < -0.4 is 4.74 Å². The summed E-state index contributed by atoms with van der Waals surface area (Å²) in [6.07, 6.45) is 3.22. The first-order chi connectivity index (χ1) is 9.86. The Morgan fingerprint density at radius 3 is 2.62 bits per heavy atom. The molecule has 0 aromatic heterocycles. The number of sulfone groups is 1. The second kappa shape index (κ2) is 6.05. The summed E-state index contributed by atoms with van der Waals surface area (Å²) in [6.45, 7) is 2.05. The van der Waals surface area contributed by atoms with Gasteiger partial charge in [-0.15, -0.1) is 0 Å². The van der Waals surface area contributed by atoms with Gasteiger partial charge in [-0.1, -0.05) is 19.8 Å². The van der Waals surface area contributed by atoms with Crippen molar-refractivity contribution in [1.82, 2.24) is 0 Å². The van der Waals surface area contributed by atoms with E-state index in [0.717, 1.165) is 12.8 Å². The number of carboxylic acid groups (broad SMARTS) is 1. The van der Waals surface area contributed by atoms with Gasteiger partial charge >= 0.3 is 5.97 Å². The fourth-order valence-corrected chi connectivity index (χ4v) is 4.87. The van der Waals surface area contributed by atoms with Crippen LogP contribution >= 0.6 is 0 Å². The number of rotatable bonds is 4. The van der Waals surface area contributed by atoms with Crippen molar-refractivity contribution in [2.75, 3.05) is 7.11 Å². The zero-order valence-corrected chi connectivity index (χ0v) is 13.0. The van der Waals surface area contributed by atoms with Gasteiger partial charge in [-0.2, -0.15) is 0 Å². The normalized spacial score (nSPS) is 22.8. The molecule has 0 spiro atoms. The maximum absolute atomic E-state index is 12.7. The van der Waals surface area contributed by atoms with Crippen molar-refractivity contribution in [3.05, 3.63) is 23.8 Å². The lowest BCUT2D eigenvalue weighted by Crippen LogP contribution is -2.27. The highest BCUT2D eigenvalue weighted by molar-refractivity contribution is 7.92. The van der Waals surface area contributed by atoms with E-state index < -0.39 is 21.1 Å².